The van der Waals surface area contributed by atoms with Crippen molar-refractivity contribution in [1.82, 2.24) is 34.4 Å². The topological polar surface area (TPSA) is 166 Å². The van der Waals surface area contributed by atoms with Crippen molar-refractivity contribution < 1.29 is 9.53 Å². The van der Waals surface area contributed by atoms with Crippen molar-refractivity contribution in [2.75, 3.05) is 48.8 Å². The highest BCUT2D eigenvalue weighted by Crippen LogP contribution is 2.34. The molecule has 5 heterocycles. The maximum atomic E-state index is 14.1. The van der Waals surface area contributed by atoms with Crippen LogP contribution in [0.25, 0.3) is 22.4 Å². The maximum Gasteiger partial charge on any atom is 0.275 e. The van der Waals surface area contributed by atoms with Gasteiger partial charge in [0.2, 0.25) is 11.8 Å². The van der Waals surface area contributed by atoms with E-state index in [0.717, 1.165) is 47.8 Å². The Kier molecular flexibility index (Phi) is 11.5. The molecule has 0 spiro atoms. The van der Waals surface area contributed by atoms with Gasteiger partial charge in [0, 0.05) is 66.0 Å². The normalized spacial score (nSPS) is 14.1. The predicted molar refractivity (Wildman–Crippen MR) is 243 cm³/mol. The van der Waals surface area contributed by atoms with Crippen molar-refractivity contribution in [2.24, 2.45) is 0 Å². The van der Waals surface area contributed by atoms with E-state index in [0.29, 0.717) is 34.5 Å². The van der Waals surface area contributed by atoms with Crippen molar-refractivity contribution in [3.63, 3.8) is 0 Å². The lowest BCUT2D eigenvalue weighted by Crippen LogP contribution is -2.53. The molecule has 61 heavy (non-hydrogen) atoms. The number of amides is 1. The number of carbonyl (C=O) groups excluding carboxylic acids is 1. The fourth-order valence-electron chi connectivity index (χ4n) is 7.02. The van der Waals surface area contributed by atoms with Crippen molar-refractivity contribution >= 4 is 62.6 Å². The number of hydrogen-bond donors (Lipinski definition) is 4. The molecule has 0 aliphatic carbocycles. The molecule has 4 aromatic heterocycles. The third kappa shape index (κ3) is 9.38. The molecule has 1 aliphatic heterocycles. The van der Waals surface area contributed by atoms with Gasteiger partial charge in [-0.2, -0.15) is 4.98 Å². The number of rotatable bonds is 11. The number of nitrogens with one attached hydrogen (secondary N) is 4. The largest absolute Gasteiger partial charge is 0.437 e. The molecule has 0 atom stereocenters. The zero-order chi connectivity index (χ0) is 42.7. The first-order chi connectivity index (χ1) is 29.4. The summed E-state index contributed by atoms with van der Waals surface area (Å²) in [6.45, 7) is 13.9. The third-order valence-electron chi connectivity index (χ3n) is 10.3. The SMILES string of the molecule is C=C(Cn1c(=O)/c(=C/c2nc[nH]c2C(C)(C)C)[nH]c(=O)/c1=C/c1ccccc1)C(=O)Nc1cccc(Oc2nc(Nc3ccc(N4CCN(C)CC4)cc3)nc3ccsc23)c1. The van der Waals surface area contributed by atoms with E-state index >= 15 is 0 Å². The lowest BCUT2D eigenvalue weighted by molar-refractivity contribution is -0.113. The summed E-state index contributed by atoms with van der Waals surface area (Å²) < 4.78 is 8.37. The first-order valence-corrected chi connectivity index (χ1v) is 20.7. The van der Waals surface area contributed by atoms with E-state index in [1.54, 1.807) is 42.7 Å². The summed E-state index contributed by atoms with van der Waals surface area (Å²) in [5, 5.41) is 8.21. The van der Waals surface area contributed by atoms with E-state index in [9.17, 15) is 14.4 Å². The van der Waals surface area contributed by atoms with Crippen LogP contribution >= 0.6 is 11.3 Å². The summed E-state index contributed by atoms with van der Waals surface area (Å²) in [7, 11) is 2.14. The van der Waals surface area contributed by atoms with E-state index in [2.05, 4.69) is 61.1 Å². The lowest BCUT2D eigenvalue weighted by Gasteiger charge is -2.34. The number of ether oxygens (including phenoxy) is 1. The summed E-state index contributed by atoms with van der Waals surface area (Å²) in [5.74, 6) is 0.624. The standard InChI is InChI=1S/C46H46N10O4S/c1-29(27-56-38(24-30-10-7-6-8-11-30)42(58)51-37(44(56)59)26-36-40(46(2,3)4)48-28-47-36)41(57)49-32-12-9-13-34(25-32)60-43-39-35(18-23-61-39)52-45(53-43)50-31-14-16-33(17-15-31)55-21-19-54(5)20-22-55/h6-18,23-26,28H,1,19-22,27H2,2-5H3,(H,47,48)(H,49,57)(H,51,58)(H,50,52,53)/b37-26-,38-24-. The Morgan fingerprint density at radius 2 is 1.70 bits per heavy atom. The van der Waals surface area contributed by atoms with Gasteiger partial charge in [0.25, 0.3) is 17.0 Å². The Morgan fingerprint density at radius 3 is 2.46 bits per heavy atom. The second-order valence-corrected chi connectivity index (χ2v) is 16.8. The first kappa shape index (κ1) is 40.7. The number of anilines is 4. The predicted octanol–water partition coefficient (Wildman–Crippen LogP) is 5.70. The molecule has 1 amide bonds. The Bertz CT molecular complexity index is 2970. The highest BCUT2D eigenvalue weighted by Gasteiger charge is 2.21. The summed E-state index contributed by atoms with van der Waals surface area (Å²) in [6, 6.07) is 26.2. The van der Waals surface area contributed by atoms with Gasteiger partial charge in [-0.25, -0.2) is 9.97 Å². The quantitative estimate of drug-likeness (QED) is 0.119. The zero-order valence-electron chi connectivity index (χ0n) is 34.4. The molecule has 0 unspecified atom stereocenters. The lowest BCUT2D eigenvalue weighted by atomic mass is 9.90. The second kappa shape index (κ2) is 17.2. The second-order valence-electron chi connectivity index (χ2n) is 15.9. The van der Waals surface area contributed by atoms with Gasteiger partial charge >= 0.3 is 0 Å². The Balaban J connectivity index is 1.02. The molecule has 310 valence electrons. The van der Waals surface area contributed by atoms with Crippen LogP contribution in [0.4, 0.5) is 23.0 Å². The van der Waals surface area contributed by atoms with Crippen LogP contribution in [0.3, 0.4) is 0 Å². The Morgan fingerprint density at radius 1 is 0.934 bits per heavy atom. The minimum absolute atomic E-state index is 0.0212. The monoisotopic (exact) mass is 834 g/mol. The number of benzene rings is 3. The summed E-state index contributed by atoms with van der Waals surface area (Å²) >= 11 is 1.46. The van der Waals surface area contributed by atoms with Crippen LogP contribution in [-0.4, -0.2) is 73.5 Å². The minimum Gasteiger partial charge on any atom is -0.437 e. The number of thiophene rings is 1. The average Bonchev–Trinajstić information content (AvgIpc) is 3.93. The molecule has 15 heteroatoms. The number of aromatic nitrogens is 6. The molecule has 1 fully saturated rings. The molecule has 14 nitrogen and oxygen atoms in total. The molecular formula is C46H46N10O4S. The van der Waals surface area contributed by atoms with Crippen LogP contribution in [0.15, 0.2) is 118 Å². The van der Waals surface area contributed by atoms with Gasteiger partial charge in [-0.3, -0.25) is 19.0 Å². The van der Waals surface area contributed by atoms with Gasteiger partial charge in [-0.1, -0.05) is 63.7 Å². The van der Waals surface area contributed by atoms with Crippen LogP contribution in [0, 0.1) is 0 Å². The van der Waals surface area contributed by atoms with Gasteiger partial charge in [0.05, 0.1) is 24.1 Å². The van der Waals surface area contributed by atoms with E-state index in [1.165, 1.54) is 21.6 Å². The van der Waals surface area contributed by atoms with E-state index < -0.39 is 17.0 Å². The summed E-state index contributed by atoms with van der Waals surface area (Å²) in [5.41, 5.74) is 3.91. The van der Waals surface area contributed by atoms with Gasteiger partial charge in [0.1, 0.15) is 21.1 Å². The summed E-state index contributed by atoms with van der Waals surface area (Å²) in [6.07, 6.45) is 4.70. The highest BCUT2D eigenvalue weighted by atomic mass is 32.1. The number of imidazole rings is 1. The van der Waals surface area contributed by atoms with Gasteiger partial charge in [-0.05, 0) is 72.6 Å². The highest BCUT2D eigenvalue weighted by molar-refractivity contribution is 7.17. The minimum atomic E-state index is -0.546. The van der Waals surface area contributed by atoms with Crippen molar-refractivity contribution in [2.45, 2.75) is 32.7 Å². The molecule has 1 saturated heterocycles. The summed E-state index contributed by atoms with van der Waals surface area (Å²) in [4.78, 5) is 65.9. The van der Waals surface area contributed by atoms with Crippen LogP contribution in [0.5, 0.6) is 11.6 Å². The first-order valence-electron chi connectivity index (χ1n) is 19.9. The zero-order valence-corrected chi connectivity index (χ0v) is 35.2. The Labute approximate surface area is 355 Å². The van der Waals surface area contributed by atoms with Gasteiger partial charge < -0.3 is 35.1 Å². The number of fused-ring (bicyclic) bond motifs is 1. The van der Waals surface area contributed by atoms with Gasteiger partial charge in [0.15, 0.2) is 0 Å². The van der Waals surface area contributed by atoms with E-state index in [4.69, 9.17) is 14.7 Å². The number of H-pyrrole nitrogens is 2. The van der Waals surface area contributed by atoms with Crippen LogP contribution in [0.2, 0.25) is 0 Å². The molecule has 0 bridgehead atoms. The van der Waals surface area contributed by atoms with E-state index in [1.807, 2.05) is 74.7 Å². The third-order valence-corrected chi connectivity index (χ3v) is 11.2. The molecule has 1 aliphatic rings. The van der Waals surface area contributed by atoms with E-state index in [-0.39, 0.29) is 28.2 Å². The molecule has 4 N–H and O–H groups in total. The number of likely N-dealkylation sites (N-methyl/N-ethyl adjacent to an activating group) is 1. The smallest absolute Gasteiger partial charge is 0.275 e. The number of carbonyl (C=O) groups is 1. The number of hydrogen-bond acceptors (Lipinski definition) is 11. The fraction of sp³-hybridized carbons (Fsp3) is 0.217. The fourth-order valence-corrected chi connectivity index (χ4v) is 7.77. The molecule has 3 aromatic carbocycles. The molecule has 8 rings (SSSR count). The maximum absolute atomic E-state index is 14.1. The van der Waals surface area contributed by atoms with Crippen molar-refractivity contribution in [1.29, 1.82) is 0 Å². The van der Waals surface area contributed by atoms with Crippen LogP contribution in [0.1, 0.15) is 37.7 Å². The average molecular weight is 835 g/mol. The number of aromatic amines is 2. The van der Waals surface area contributed by atoms with Crippen molar-refractivity contribution in [3.05, 3.63) is 157 Å². The Hall–Kier alpha value is -7.10. The molecular weight excluding hydrogens is 789 g/mol. The molecule has 0 saturated carbocycles. The van der Waals surface area contributed by atoms with Crippen LogP contribution < -0.4 is 42.1 Å². The van der Waals surface area contributed by atoms with Crippen molar-refractivity contribution in [3.8, 4) is 11.6 Å². The van der Waals surface area contributed by atoms with Gasteiger partial charge in [-0.15, -0.1) is 11.3 Å². The van der Waals surface area contributed by atoms with Crippen LogP contribution in [-0.2, 0) is 16.8 Å². The number of nitrogens with zero attached hydrogens (tertiary/aromatic N) is 6. The number of piperazine rings is 1. The molecule has 0 radical (unpaired) electrons. The molecule has 7 aromatic rings.